The zero-order valence-electron chi connectivity index (χ0n) is 13.1. The number of carboxylic acids is 1. The molecule has 2 aromatic rings. The van der Waals surface area contributed by atoms with Crippen molar-refractivity contribution in [2.24, 2.45) is 0 Å². The van der Waals surface area contributed by atoms with E-state index in [4.69, 9.17) is 5.11 Å². The Kier molecular flexibility index (Phi) is 5.78. The van der Waals surface area contributed by atoms with E-state index in [1.807, 2.05) is 0 Å². The highest BCUT2D eigenvalue weighted by Crippen LogP contribution is 2.31. The van der Waals surface area contributed by atoms with E-state index < -0.39 is 23.6 Å². The number of benzene rings is 1. The Morgan fingerprint density at radius 3 is 2.68 bits per heavy atom. The number of hydrogen-bond donors (Lipinski definition) is 2. The van der Waals surface area contributed by atoms with Gasteiger partial charge in [0.05, 0.1) is 12.1 Å². The van der Waals surface area contributed by atoms with Crippen LogP contribution in [-0.2, 0) is 17.5 Å². The molecular formula is C16H15F3N2O3S. The SMILES string of the molecule is CC(CC(=O)NCc1nc(C(=O)O)cs1)c1cccc(C(F)(F)F)c1. The minimum absolute atomic E-state index is 0.0124. The summed E-state index contributed by atoms with van der Waals surface area (Å²) in [6.45, 7) is 1.74. The smallest absolute Gasteiger partial charge is 0.416 e. The van der Waals surface area contributed by atoms with Crippen LogP contribution in [-0.4, -0.2) is 22.0 Å². The monoisotopic (exact) mass is 372 g/mol. The van der Waals surface area contributed by atoms with E-state index in [0.29, 0.717) is 10.6 Å². The third-order valence-corrected chi connectivity index (χ3v) is 4.33. The first kappa shape index (κ1) is 18.9. The number of carbonyl (C=O) groups excluding carboxylic acids is 1. The van der Waals surface area contributed by atoms with Crippen molar-refractivity contribution in [2.75, 3.05) is 0 Å². The molecule has 2 rings (SSSR count). The molecule has 0 saturated heterocycles. The minimum Gasteiger partial charge on any atom is -0.476 e. The number of carboxylic acid groups (broad SMARTS) is 1. The van der Waals surface area contributed by atoms with Gasteiger partial charge in [-0.15, -0.1) is 11.3 Å². The van der Waals surface area contributed by atoms with Crippen molar-refractivity contribution >= 4 is 23.2 Å². The summed E-state index contributed by atoms with van der Waals surface area (Å²) in [6, 6.07) is 4.89. The van der Waals surface area contributed by atoms with Gasteiger partial charge in [-0.25, -0.2) is 9.78 Å². The quantitative estimate of drug-likeness (QED) is 0.811. The number of amides is 1. The molecule has 1 atom stereocenters. The largest absolute Gasteiger partial charge is 0.476 e. The van der Waals surface area contributed by atoms with Crippen LogP contribution in [0.15, 0.2) is 29.6 Å². The lowest BCUT2D eigenvalue weighted by atomic mass is 9.95. The number of rotatable bonds is 6. The number of carbonyl (C=O) groups is 2. The van der Waals surface area contributed by atoms with Gasteiger partial charge in [0.25, 0.3) is 0 Å². The number of thiazole rings is 1. The molecule has 0 saturated carbocycles. The van der Waals surface area contributed by atoms with E-state index in [9.17, 15) is 22.8 Å². The molecule has 1 heterocycles. The van der Waals surface area contributed by atoms with Gasteiger partial charge < -0.3 is 10.4 Å². The van der Waals surface area contributed by atoms with Crippen LogP contribution in [0.2, 0.25) is 0 Å². The van der Waals surface area contributed by atoms with Crippen molar-refractivity contribution in [2.45, 2.75) is 32.0 Å². The molecule has 0 radical (unpaired) electrons. The average Bonchev–Trinajstić information content (AvgIpc) is 3.01. The first-order chi connectivity index (χ1) is 11.7. The fraction of sp³-hybridized carbons (Fsp3) is 0.312. The highest BCUT2D eigenvalue weighted by Gasteiger charge is 2.30. The normalized spacial score (nSPS) is 12.6. The van der Waals surface area contributed by atoms with Crippen molar-refractivity contribution in [3.8, 4) is 0 Å². The van der Waals surface area contributed by atoms with Crippen LogP contribution in [0.4, 0.5) is 13.2 Å². The van der Waals surface area contributed by atoms with Crippen molar-refractivity contribution in [3.05, 3.63) is 51.5 Å². The van der Waals surface area contributed by atoms with Gasteiger partial charge in [0.1, 0.15) is 5.01 Å². The molecule has 0 aliphatic rings. The Hall–Kier alpha value is -2.42. The predicted octanol–water partition coefficient (Wildman–Crippen LogP) is 3.67. The average molecular weight is 372 g/mol. The molecule has 0 aliphatic carbocycles. The Morgan fingerprint density at radius 2 is 2.08 bits per heavy atom. The van der Waals surface area contributed by atoms with Gasteiger partial charge in [-0.3, -0.25) is 4.79 Å². The van der Waals surface area contributed by atoms with E-state index in [1.54, 1.807) is 13.0 Å². The first-order valence-electron chi connectivity index (χ1n) is 7.28. The summed E-state index contributed by atoms with van der Waals surface area (Å²) in [6.07, 6.45) is -4.41. The van der Waals surface area contributed by atoms with Gasteiger partial charge in [0.2, 0.25) is 5.91 Å². The zero-order valence-corrected chi connectivity index (χ0v) is 13.9. The second kappa shape index (κ2) is 7.64. The highest BCUT2D eigenvalue weighted by molar-refractivity contribution is 7.09. The number of halogens is 3. The maximum absolute atomic E-state index is 12.7. The van der Waals surface area contributed by atoms with Gasteiger partial charge in [-0.05, 0) is 17.5 Å². The second-order valence-electron chi connectivity index (χ2n) is 5.44. The molecule has 0 spiro atoms. The first-order valence-corrected chi connectivity index (χ1v) is 8.16. The molecule has 9 heteroatoms. The van der Waals surface area contributed by atoms with Crippen molar-refractivity contribution < 1.29 is 27.9 Å². The van der Waals surface area contributed by atoms with Crippen LogP contribution in [0.5, 0.6) is 0 Å². The molecule has 1 aromatic carbocycles. The molecule has 2 N–H and O–H groups in total. The number of aromatic carboxylic acids is 1. The van der Waals surface area contributed by atoms with Crippen LogP contribution < -0.4 is 5.32 Å². The van der Waals surface area contributed by atoms with Gasteiger partial charge in [-0.1, -0.05) is 25.1 Å². The Bertz CT molecular complexity index is 774. The fourth-order valence-electron chi connectivity index (χ4n) is 2.15. The Morgan fingerprint density at radius 1 is 1.36 bits per heavy atom. The maximum Gasteiger partial charge on any atom is 0.416 e. The van der Waals surface area contributed by atoms with Crippen LogP contribution in [0.25, 0.3) is 0 Å². The molecule has 1 aromatic heterocycles. The van der Waals surface area contributed by atoms with Crippen LogP contribution in [0.1, 0.15) is 45.9 Å². The van der Waals surface area contributed by atoms with E-state index in [1.165, 1.54) is 11.4 Å². The molecule has 0 bridgehead atoms. The highest BCUT2D eigenvalue weighted by atomic mass is 32.1. The third-order valence-electron chi connectivity index (χ3n) is 3.48. The van der Waals surface area contributed by atoms with E-state index >= 15 is 0 Å². The summed E-state index contributed by atoms with van der Waals surface area (Å²) in [7, 11) is 0. The maximum atomic E-state index is 12.7. The second-order valence-corrected chi connectivity index (χ2v) is 6.38. The molecule has 0 fully saturated rings. The van der Waals surface area contributed by atoms with Gasteiger partial charge in [0, 0.05) is 11.8 Å². The molecule has 1 amide bonds. The number of aromatic nitrogens is 1. The summed E-state index contributed by atoms with van der Waals surface area (Å²) in [5.74, 6) is -1.89. The lowest BCUT2D eigenvalue weighted by molar-refractivity contribution is -0.137. The lowest BCUT2D eigenvalue weighted by Crippen LogP contribution is -2.24. The van der Waals surface area contributed by atoms with Crippen LogP contribution in [0.3, 0.4) is 0 Å². The Labute approximate surface area is 145 Å². The van der Waals surface area contributed by atoms with E-state index in [-0.39, 0.29) is 24.6 Å². The van der Waals surface area contributed by atoms with Gasteiger partial charge >= 0.3 is 12.1 Å². The van der Waals surface area contributed by atoms with Gasteiger partial charge in [0.15, 0.2) is 5.69 Å². The lowest BCUT2D eigenvalue weighted by Gasteiger charge is -2.14. The topological polar surface area (TPSA) is 79.3 Å². The number of nitrogens with one attached hydrogen (secondary N) is 1. The molecule has 25 heavy (non-hydrogen) atoms. The van der Waals surface area contributed by atoms with Crippen molar-refractivity contribution in [1.82, 2.24) is 10.3 Å². The molecule has 134 valence electrons. The van der Waals surface area contributed by atoms with Crippen molar-refractivity contribution in [3.63, 3.8) is 0 Å². The standard InChI is InChI=1S/C16H15F3N2O3S/c1-9(10-3-2-4-11(6-10)16(17,18)19)5-13(22)20-7-14-21-12(8-25-14)15(23)24/h2-4,6,8-9H,5,7H2,1H3,(H,20,22)(H,23,24). The van der Waals surface area contributed by atoms with Crippen molar-refractivity contribution in [1.29, 1.82) is 0 Å². The zero-order chi connectivity index (χ0) is 18.6. The number of hydrogen-bond acceptors (Lipinski definition) is 4. The third kappa shape index (κ3) is 5.28. The predicted molar refractivity (Wildman–Crippen MR) is 85.4 cm³/mol. The minimum atomic E-state index is -4.43. The fourth-order valence-corrected chi connectivity index (χ4v) is 2.86. The summed E-state index contributed by atoms with van der Waals surface area (Å²) in [5, 5.41) is 13.2. The summed E-state index contributed by atoms with van der Waals surface area (Å²) >= 11 is 1.11. The summed E-state index contributed by atoms with van der Waals surface area (Å²) < 4.78 is 38.2. The van der Waals surface area contributed by atoms with E-state index in [2.05, 4.69) is 10.3 Å². The van der Waals surface area contributed by atoms with E-state index in [0.717, 1.165) is 23.5 Å². The molecular weight excluding hydrogens is 357 g/mol. The number of nitrogens with zero attached hydrogens (tertiary/aromatic N) is 1. The number of alkyl halides is 3. The van der Waals surface area contributed by atoms with Gasteiger partial charge in [-0.2, -0.15) is 13.2 Å². The summed E-state index contributed by atoms with van der Waals surface area (Å²) in [4.78, 5) is 26.5. The van der Waals surface area contributed by atoms with Crippen LogP contribution in [0, 0.1) is 0 Å². The van der Waals surface area contributed by atoms with Crippen LogP contribution >= 0.6 is 11.3 Å². The molecule has 1 unspecified atom stereocenters. The Balaban J connectivity index is 1.92. The summed E-state index contributed by atoms with van der Waals surface area (Å²) in [5.41, 5.74) is -0.416. The molecule has 0 aliphatic heterocycles. The molecule has 5 nitrogen and oxygen atoms in total.